The van der Waals surface area contributed by atoms with Crippen LogP contribution in [-0.4, -0.2) is 23.5 Å². The van der Waals surface area contributed by atoms with Gasteiger partial charge in [0.1, 0.15) is 4.88 Å². The fourth-order valence-electron chi connectivity index (χ4n) is 2.32. The van der Waals surface area contributed by atoms with E-state index in [2.05, 4.69) is 15.6 Å². The van der Waals surface area contributed by atoms with Gasteiger partial charge in [-0.3, -0.25) is 4.79 Å². The molecule has 118 valence electrons. The average Bonchev–Trinajstić information content (AvgIpc) is 2.88. The molecule has 2 rings (SSSR count). The van der Waals surface area contributed by atoms with E-state index in [-0.39, 0.29) is 30.0 Å². The molecule has 0 unspecified atom stereocenters. The minimum Gasteiger partial charge on any atom is -0.361 e. The molecule has 0 aliphatic heterocycles. The quantitative estimate of drug-likeness (QED) is 0.874. The Balaban J connectivity index is 1.69. The van der Waals surface area contributed by atoms with E-state index in [1.807, 2.05) is 0 Å². The van der Waals surface area contributed by atoms with E-state index >= 15 is 0 Å². The van der Waals surface area contributed by atoms with Crippen molar-refractivity contribution in [2.75, 3.05) is 11.9 Å². The molecular weight excluding hydrogens is 303 g/mol. The van der Waals surface area contributed by atoms with Crippen LogP contribution < -0.4 is 10.6 Å². The molecule has 4 nitrogen and oxygen atoms in total. The van der Waals surface area contributed by atoms with Gasteiger partial charge < -0.3 is 10.6 Å². The van der Waals surface area contributed by atoms with Gasteiger partial charge in [0.25, 0.3) is 0 Å². The van der Waals surface area contributed by atoms with Gasteiger partial charge in [0, 0.05) is 19.0 Å². The zero-order valence-corrected chi connectivity index (χ0v) is 12.3. The molecule has 0 atom stereocenters. The Bertz CT molecular complexity index is 469. The van der Waals surface area contributed by atoms with Crippen molar-refractivity contribution in [2.24, 2.45) is 0 Å². The van der Waals surface area contributed by atoms with Gasteiger partial charge in [-0.05, 0) is 12.8 Å². The third-order valence-electron chi connectivity index (χ3n) is 3.38. The number of nitrogens with one attached hydrogen (secondary N) is 2. The first-order valence-electron chi connectivity index (χ1n) is 7.01. The van der Waals surface area contributed by atoms with E-state index in [0.29, 0.717) is 11.3 Å². The summed E-state index contributed by atoms with van der Waals surface area (Å²) in [6, 6.07) is 0.253. The monoisotopic (exact) mass is 321 g/mol. The fourth-order valence-corrected chi connectivity index (χ4v) is 3.03. The number of anilines is 1. The molecule has 1 amide bonds. The topological polar surface area (TPSA) is 54.0 Å². The summed E-state index contributed by atoms with van der Waals surface area (Å²) in [6.07, 6.45) is 2.20. The zero-order chi connectivity index (χ0) is 15.3. The highest BCUT2D eigenvalue weighted by molar-refractivity contribution is 7.15. The molecule has 8 heteroatoms. The molecule has 1 aromatic rings. The normalized spacial score (nSPS) is 16.7. The molecule has 0 spiro atoms. The molecule has 0 radical (unpaired) electrons. The number of carbonyl (C=O) groups excluding carboxylic acids is 1. The summed E-state index contributed by atoms with van der Waals surface area (Å²) in [5, 5.41) is 5.90. The molecule has 1 heterocycles. The molecule has 2 N–H and O–H groups in total. The van der Waals surface area contributed by atoms with E-state index < -0.39 is 11.1 Å². The number of thiazole rings is 1. The van der Waals surface area contributed by atoms with E-state index in [0.717, 1.165) is 31.9 Å². The molecular formula is C13H18F3N3OS. The Morgan fingerprint density at radius 2 is 2.05 bits per heavy atom. The first kappa shape index (κ1) is 16.1. The van der Waals surface area contributed by atoms with Crippen molar-refractivity contribution in [3.05, 3.63) is 11.1 Å². The Hall–Kier alpha value is -1.31. The largest absolute Gasteiger partial charge is 0.427 e. The molecule has 1 aliphatic carbocycles. The number of aromatic nitrogens is 1. The highest BCUT2D eigenvalue weighted by Gasteiger charge is 2.33. The lowest BCUT2D eigenvalue weighted by Gasteiger charge is -2.22. The zero-order valence-electron chi connectivity index (χ0n) is 11.5. The Morgan fingerprint density at radius 3 is 2.67 bits per heavy atom. The van der Waals surface area contributed by atoms with Crippen LogP contribution >= 0.6 is 11.3 Å². The van der Waals surface area contributed by atoms with Gasteiger partial charge in [-0.1, -0.05) is 30.6 Å². The second kappa shape index (κ2) is 7.11. The summed E-state index contributed by atoms with van der Waals surface area (Å²) in [4.78, 5) is 14.6. The second-order valence-corrected chi connectivity index (χ2v) is 6.14. The number of halogens is 3. The van der Waals surface area contributed by atoms with Crippen LogP contribution in [0.25, 0.3) is 0 Å². The molecule has 1 saturated carbocycles. The number of amides is 1. The lowest BCUT2D eigenvalue weighted by molar-refractivity contribution is -0.134. The molecule has 0 aromatic carbocycles. The van der Waals surface area contributed by atoms with Crippen LogP contribution in [0.4, 0.5) is 18.3 Å². The second-order valence-electron chi connectivity index (χ2n) is 5.11. The van der Waals surface area contributed by atoms with Crippen LogP contribution in [0.1, 0.15) is 43.4 Å². The third kappa shape index (κ3) is 5.18. The standard InChI is InChI=1S/C13H18F3N3OS/c14-13(15,16)10-8-18-12(21-10)17-7-6-11(20)19-9-4-2-1-3-5-9/h8-9H,1-7H2,(H,17,18)(H,19,20). The van der Waals surface area contributed by atoms with Crippen LogP contribution in [0, 0.1) is 0 Å². The third-order valence-corrected chi connectivity index (χ3v) is 4.38. The number of nitrogens with zero attached hydrogens (tertiary/aromatic N) is 1. The maximum atomic E-state index is 12.4. The van der Waals surface area contributed by atoms with Gasteiger partial charge in [0.05, 0.1) is 6.20 Å². The van der Waals surface area contributed by atoms with Gasteiger partial charge >= 0.3 is 6.18 Å². The summed E-state index contributed by atoms with van der Waals surface area (Å²) < 4.78 is 37.2. The highest BCUT2D eigenvalue weighted by atomic mass is 32.1. The van der Waals surface area contributed by atoms with Crippen molar-refractivity contribution in [1.82, 2.24) is 10.3 Å². The Kier molecular flexibility index (Phi) is 5.44. The molecule has 1 fully saturated rings. The predicted molar refractivity (Wildman–Crippen MR) is 75.2 cm³/mol. The first-order chi connectivity index (χ1) is 9.95. The van der Waals surface area contributed by atoms with Gasteiger partial charge in [0.15, 0.2) is 5.13 Å². The molecule has 1 aromatic heterocycles. The van der Waals surface area contributed by atoms with Crippen molar-refractivity contribution in [3.8, 4) is 0 Å². The van der Waals surface area contributed by atoms with Gasteiger partial charge in [-0.15, -0.1) is 0 Å². The predicted octanol–water partition coefficient (Wildman–Crippen LogP) is 3.41. The molecule has 1 aliphatic rings. The van der Waals surface area contributed by atoms with Gasteiger partial charge in [0.2, 0.25) is 5.91 Å². The summed E-state index contributed by atoms with van der Waals surface area (Å²) in [6.45, 7) is 0.281. The van der Waals surface area contributed by atoms with E-state index in [1.54, 1.807) is 0 Å². The summed E-state index contributed by atoms with van der Waals surface area (Å²) in [5.41, 5.74) is 0. The summed E-state index contributed by atoms with van der Waals surface area (Å²) in [5.74, 6) is -0.0676. The van der Waals surface area contributed by atoms with Crippen LogP contribution in [0.15, 0.2) is 6.20 Å². The van der Waals surface area contributed by atoms with Crippen molar-refractivity contribution in [3.63, 3.8) is 0 Å². The van der Waals surface area contributed by atoms with Crippen molar-refractivity contribution < 1.29 is 18.0 Å². The van der Waals surface area contributed by atoms with Crippen LogP contribution in [0.3, 0.4) is 0 Å². The molecule has 0 bridgehead atoms. The molecule has 0 saturated heterocycles. The van der Waals surface area contributed by atoms with Crippen molar-refractivity contribution in [1.29, 1.82) is 0 Å². The van der Waals surface area contributed by atoms with Crippen molar-refractivity contribution >= 4 is 22.4 Å². The lowest BCUT2D eigenvalue weighted by Crippen LogP contribution is -2.36. The maximum absolute atomic E-state index is 12.4. The fraction of sp³-hybridized carbons (Fsp3) is 0.692. The number of hydrogen-bond acceptors (Lipinski definition) is 4. The maximum Gasteiger partial charge on any atom is 0.427 e. The van der Waals surface area contributed by atoms with Crippen LogP contribution in [-0.2, 0) is 11.0 Å². The van der Waals surface area contributed by atoms with E-state index in [4.69, 9.17) is 0 Å². The van der Waals surface area contributed by atoms with E-state index in [9.17, 15) is 18.0 Å². The minimum absolute atomic E-state index is 0.0676. The van der Waals surface area contributed by atoms with Crippen LogP contribution in [0.5, 0.6) is 0 Å². The molecule has 21 heavy (non-hydrogen) atoms. The van der Waals surface area contributed by atoms with Crippen molar-refractivity contribution in [2.45, 2.75) is 50.7 Å². The number of carbonyl (C=O) groups is 1. The van der Waals surface area contributed by atoms with E-state index in [1.165, 1.54) is 6.42 Å². The van der Waals surface area contributed by atoms with Gasteiger partial charge in [-0.2, -0.15) is 13.2 Å². The average molecular weight is 321 g/mol. The number of alkyl halides is 3. The lowest BCUT2D eigenvalue weighted by atomic mass is 9.95. The van der Waals surface area contributed by atoms with Gasteiger partial charge in [-0.25, -0.2) is 4.98 Å². The SMILES string of the molecule is O=C(CCNc1ncc(C(F)(F)F)s1)NC1CCCCC1. The Morgan fingerprint density at radius 1 is 1.33 bits per heavy atom. The highest BCUT2D eigenvalue weighted by Crippen LogP contribution is 2.34. The number of rotatable bonds is 5. The smallest absolute Gasteiger partial charge is 0.361 e. The van der Waals surface area contributed by atoms with Crippen LogP contribution in [0.2, 0.25) is 0 Å². The Labute approximate surface area is 125 Å². The number of hydrogen-bond donors (Lipinski definition) is 2. The summed E-state index contributed by atoms with van der Waals surface area (Å²) >= 11 is 0.548. The summed E-state index contributed by atoms with van der Waals surface area (Å²) in [7, 11) is 0. The minimum atomic E-state index is -4.37. The first-order valence-corrected chi connectivity index (χ1v) is 7.83.